The molecule has 3 heteroatoms. The molecule has 3 nitrogen and oxygen atoms in total. The summed E-state index contributed by atoms with van der Waals surface area (Å²) in [6.07, 6.45) is 7.68. The number of nitrogen functional groups attached to an aromatic ring is 1. The van der Waals surface area contributed by atoms with Crippen LogP contribution in [0.15, 0.2) is 30.5 Å². The number of hydrogen-bond acceptors (Lipinski definition) is 3. The molecule has 4 rings (SSSR count). The van der Waals surface area contributed by atoms with Crippen molar-refractivity contribution in [2.75, 3.05) is 17.6 Å². The first-order valence-corrected chi connectivity index (χ1v) is 7.68. The van der Waals surface area contributed by atoms with Gasteiger partial charge in [-0.1, -0.05) is 6.42 Å². The van der Waals surface area contributed by atoms with Crippen molar-refractivity contribution in [3.63, 3.8) is 0 Å². The van der Waals surface area contributed by atoms with Crippen molar-refractivity contribution in [2.45, 2.75) is 25.7 Å². The number of benzene rings is 1. The van der Waals surface area contributed by atoms with Gasteiger partial charge in [-0.3, -0.25) is 4.98 Å². The van der Waals surface area contributed by atoms with Gasteiger partial charge in [0, 0.05) is 29.5 Å². The Bertz CT molecular complexity index is 637. The standard InChI is InChI=1S/C17H21N3/c18-14-3-4-15-16(5-6-19-17(15)9-14)20-10-13-8-11-1-2-12(13)7-11/h3-6,9,11-13H,1-2,7-8,10,18H2,(H,19,20). The fourth-order valence-corrected chi connectivity index (χ4v) is 4.19. The van der Waals surface area contributed by atoms with Crippen LogP contribution >= 0.6 is 0 Å². The number of aromatic nitrogens is 1. The second kappa shape index (κ2) is 4.65. The molecule has 2 fully saturated rings. The molecule has 3 unspecified atom stereocenters. The molecular weight excluding hydrogens is 246 g/mol. The summed E-state index contributed by atoms with van der Waals surface area (Å²) in [5, 5.41) is 4.82. The molecule has 2 aromatic rings. The molecule has 2 saturated carbocycles. The van der Waals surface area contributed by atoms with Crippen LogP contribution in [0, 0.1) is 17.8 Å². The average molecular weight is 267 g/mol. The molecule has 20 heavy (non-hydrogen) atoms. The number of nitrogens with two attached hydrogens (primary N) is 1. The number of nitrogens with zero attached hydrogens (tertiary/aromatic N) is 1. The highest BCUT2D eigenvalue weighted by atomic mass is 14.9. The highest BCUT2D eigenvalue weighted by Gasteiger charge is 2.39. The van der Waals surface area contributed by atoms with E-state index in [0.29, 0.717) is 0 Å². The lowest BCUT2D eigenvalue weighted by atomic mass is 9.89. The summed E-state index contributed by atoms with van der Waals surface area (Å²) >= 11 is 0. The van der Waals surface area contributed by atoms with E-state index >= 15 is 0 Å². The Balaban J connectivity index is 1.54. The molecule has 104 valence electrons. The lowest BCUT2D eigenvalue weighted by Gasteiger charge is -2.22. The molecule has 0 saturated heterocycles. The Morgan fingerprint density at radius 2 is 2.15 bits per heavy atom. The molecule has 1 heterocycles. The van der Waals surface area contributed by atoms with Crippen LogP contribution in [0.5, 0.6) is 0 Å². The van der Waals surface area contributed by atoms with Gasteiger partial charge in [-0.15, -0.1) is 0 Å². The normalized spacial score (nSPS) is 28.1. The minimum atomic E-state index is 0.773. The molecule has 1 aromatic heterocycles. The Kier molecular flexibility index (Phi) is 2.79. The summed E-state index contributed by atoms with van der Waals surface area (Å²) in [5.41, 5.74) is 8.77. The van der Waals surface area contributed by atoms with E-state index in [4.69, 9.17) is 5.73 Å². The molecule has 0 aliphatic heterocycles. The molecule has 3 N–H and O–H groups in total. The highest BCUT2D eigenvalue weighted by Crippen LogP contribution is 2.48. The van der Waals surface area contributed by atoms with Crippen molar-refractivity contribution in [1.29, 1.82) is 0 Å². The Morgan fingerprint density at radius 3 is 2.95 bits per heavy atom. The van der Waals surface area contributed by atoms with E-state index in [1.807, 2.05) is 18.3 Å². The van der Waals surface area contributed by atoms with Crippen molar-refractivity contribution < 1.29 is 0 Å². The molecule has 3 atom stereocenters. The summed E-state index contributed by atoms with van der Waals surface area (Å²) in [6, 6.07) is 8.04. The van der Waals surface area contributed by atoms with Crippen molar-refractivity contribution in [2.24, 2.45) is 17.8 Å². The van der Waals surface area contributed by atoms with Crippen LogP contribution in [0.1, 0.15) is 25.7 Å². The molecule has 0 spiro atoms. The SMILES string of the molecule is Nc1ccc2c(NCC3CC4CCC3C4)ccnc2c1. The van der Waals surface area contributed by atoms with Gasteiger partial charge in [0.15, 0.2) is 0 Å². The summed E-state index contributed by atoms with van der Waals surface area (Å²) in [4.78, 5) is 4.40. The van der Waals surface area contributed by atoms with E-state index in [1.54, 1.807) is 0 Å². The summed E-state index contributed by atoms with van der Waals surface area (Å²) in [5.74, 6) is 2.85. The topological polar surface area (TPSA) is 50.9 Å². The first kappa shape index (κ1) is 12.0. The Morgan fingerprint density at radius 1 is 1.20 bits per heavy atom. The van der Waals surface area contributed by atoms with Crippen LogP contribution in [-0.4, -0.2) is 11.5 Å². The minimum Gasteiger partial charge on any atom is -0.399 e. The van der Waals surface area contributed by atoms with Gasteiger partial charge >= 0.3 is 0 Å². The van der Waals surface area contributed by atoms with Crippen LogP contribution in [0.4, 0.5) is 11.4 Å². The predicted octanol–water partition coefficient (Wildman–Crippen LogP) is 3.67. The summed E-state index contributed by atoms with van der Waals surface area (Å²) < 4.78 is 0. The van der Waals surface area contributed by atoms with Gasteiger partial charge in [0.2, 0.25) is 0 Å². The van der Waals surface area contributed by atoms with Crippen molar-refractivity contribution in [1.82, 2.24) is 4.98 Å². The zero-order chi connectivity index (χ0) is 13.5. The zero-order valence-corrected chi connectivity index (χ0v) is 11.7. The highest BCUT2D eigenvalue weighted by molar-refractivity contribution is 5.92. The molecule has 2 aliphatic carbocycles. The van der Waals surface area contributed by atoms with E-state index in [9.17, 15) is 0 Å². The third-order valence-electron chi connectivity index (χ3n) is 5.21. The van der Waals surface area contributed by atoms with Gasteiger partial charge in [-0.05, 0) is 61.3 Å². The van der Waals surface area contributed by atoms with E-state index in [1.165, 1.54) is 36.8 Å². The quantitative estimate of drug-likeness (QED) is 0.834. The van der Waals surface area contributed by atoms with Crippen LogP contribution in [0.3, 0.4) is 0 Å². The van der Waals surface area contributed by atoms with Gasteiger partial charge in [0.25, 0.3) is 0 Å². The van der Waals surface area contributed by atoms with Gasteiger partial charge in [0.05, 0.1) is 5.52 Å². The second-order valence-electron chi connectivity index (χ2n) is 6.45. The number of anilines is 2. The third kappa shape index (κ3) is 2.01. The van der Waals surface area contributed by atoms with Crippen LogP contribution < -0.4 is 11.1 Å². The summed E-state index contributed by atoms with van der Waals surface area (Å²) in [6.45, 7) is 1.10. The second-order valence-corrected chi connectivity index (χ2v) is 6.45. The smallest absolute Gasteiger partial charge is 0.0743 e. The number of pyridine rings is 1. The first-order chi connectivity index (χ1) is 9.79. The van der Waals surface area contributed by atoms with Crippen LogP contribution in [0.2, 0.25) is 0 Å². The van der Waals surface area contributed by atoms with Crippen molar-refractivity contribution in [3.05, 3.63) is 30.5 Å². The van der Waals surface area contributed by atoms with Gasteiger partial charge in [0.1, 0.15) is 0 Å². The number of fused-ring (bicyclic) bond motifs is 3. The number of nitrogens with one attached hydrogen (secondary N) is 1. The Hall–Kier alpha value is -1.77. The predicted molar refractivity (Wildman–Crippen MR) is 83.6 cm³/mol. The number of hydrogen-bond donors (Lipinski definition) is 2. The minimum absolute atomic E-state index is 0.773. The summed E-state index contributed by atoms with van der Waals surface area (Å²) in [7, 11) is 0. The van der Waals surface area contributed by atoms with E-state index < -0.39 is 0 Å². The largest absolute Gasteiger partial charge is 0.399 e. The van der Waals surface area contributed by atoms with Crippen molar-refractivity contribution >= 4 is 22.3 Å². The lowest BCUT2D eigenvalue weighted by molar-refractivity contribution is 0.348. The van der Waals surface area contributed by atoms with E-state index in [-0.39, 0.29) is 0 Å². The maximum absolute atomic E-state index is 5.83. The number of rotatable bonds is 3. The fourth-order valence-electron chi connectivity index (χ4n) is 4.19. The van der Waals surface area contributed by atoms with Gasteiger partial charge in [-0.2, -0.15) is 0 Å². The molecule has 0 radical (unpaired) electrons. The molecule has 2 bridgehead atoms. The Labute approximate surface area is 119 Å². The molecule has 0 amide bonds. The maximum Gasteiger partial charge on any atom is 0.0743 e. The van der Waals surface area contributed by atoms with Crippen LogP contribution in [-0.2, 0) is 0 Å². The average Bonchev–Trinajstić information content (AvgIpc) is 3.07. The van der Waals surface area contributed by atoms with Gasteiger partial charge in [-0.25, -0.2) is 0 Å². The lowest BCUT2D eigenvalue weighted by Crippen LogP contribution is -2.20. The molecular formula is C17H21N3. The third-order valence-corrected chi connectivity index (χ3v) is 5.21. The van der Waals surface area contributed by atoms with Crippen molar-refractivity contribution in [3.8, 4) is 0 Å². The van der Waals surface area contributed by atoms with E-state index in [2.05, 4.69) is 22.4 Å². The fraction of sp³-hybridized carbons (Fsp3) is 0.471. The molecule has 2 aliphatic rings. The van der Waals surface area contributed by atoms with Crippen LogP contribution in [0.25, 0.3) is 10.9 Å². The monoisotopic (exact) mass is 267 g/mol. The van der Waals surface area contributed by atoms with E-state index in [0.717, 1.165) is 35.5 Å². The first-order valence-electron chi connectivity index (χ1n) is 7.68. The molecule has 1 aromatic carbocycles. The zero-order valence-electron chi connectivity index (χ0n) is 11.7. The van der Waals surface area contributed by atoms with Gasteiger partial charge < -0.3 is 11.1 Å². The maximum atomic E-state index is 5.83.